The number of halogens is 1. The fraction of sp³-hybridized carbons (Fsp3) is 1.00. The van der Waals surface area contributed by atoms with Crippen LogP contribution in [0.25, 0.3) is 0 Å². The molecule has 1 heterocycles. The summed E-state index contributed by atoms with van der Waals surface area (Å²) < 4.78 is 18.0. The molecule has 72 valence electrons. The van der Waals surface area contributed by atoms with Crippen molar-refractivity contribution in [3.8, 4) is 0 Å². The molecule has 3 nitrogen and oxygen atoms in total. The zero-order valence-corrected chi connectivity index (χ0v) is 7.27. The summed E-state index contributed by atoms with van der Waals surface area (Å²) in [5, 5.41) is 18.0. The minimum Gasteiger partial charge on any atom is -0.385 e. The van der Waals surface area contributed by atoms with Crippen molar-refractivity contribution in [2.75, 3.05) is 0 Å². The molecule has 0 aromatic rings. The maximum absolute atomic E-state index is 13.1. The topological polar surface area (TPSA) is 49.7 Å². The van der Waals surface area contributed by atoms with Crippen LogP contribution in [0.15, 0.2) is 0 Å². The van der Waals surface area contributed by atoms with Crippen LogP contribution in [0.4, 0.5) is 4.39 Å². The Morgan fingerprint density at radius 2 is 2.08 bits per heavy atom. The first-order valence-corrected chi connectivity index (χ1v) is 4.23. The number of rotatable bonds is 2. The third-order valence-corrected chi connectivity index (χ3v) is 2.43. The molecule has 1 fully saturated rings. The van der Waals surface area contributed by atoms with Crippen LogP contribution in [0.3, 0.4) is 0 Å². The van der Waals surface area contributed by atoms with Gasteiger partial charge < -0.3 is 14.9 Å². The Bertz CT molecular complexity index is 153. The van der Waals surface area contributed by atoms with E-state index in [4.69, 9.17) is 14.9 Å². The molecule has 0 aliphatic carbocycles. The molecule has 0 amide bonds. The van der Waals surface area contributed by atoms with Crippen molar-refractivity contribution in [1.29, 1.82) is 0 Å². The molecular weight excluding hydrogens is 163 g/mol. The molecule has 1 rings (SSSR count). The molecule has 1 aliphatic heterocycles. The highest BCUT2D eigenvalue weighted by Gasteiger charge is 2.45. The van der Waals surface area contributed by atoms with E-state index < -0.39 is 24.7 Å². The molecule has 2 N–H and O–H groups in total. The van der Waals surface area contributed by atoms with E-state index in [0.717, 1.165) is 6.42 Å². The van der Waals surface area contributed by atoms with Gasteiger partial charge in [-0.25, -0.2) is 4.39 Å². The molecular formula is C8H15FO3. The van der Waals surface area contributed by atoms with E-state index in [1.54, 1.807) is 0 Å². The fourth-order valence-electron chi connectivity index (χ4n) is 1.35. The van der Waals surface area contributed by atoms with Crippen LogP contribution in [-0.4, -0.2) is 34.9 Å². The average Bonchev–Trinajstić information content (AvgIpc) is 2.32. The summed E-state index contributed by atoms with van der Waals surface area (Å²) >= 11 is 0. The van der Waals surface area contributed by atoms with Gasteiger partial charge in [0.05, 0.1) is 6.10 Å². The van der Waals surface area contributed by atoms with Crippen LogP contribution in [0, 0.1) is 5.92 Å². The quantitative estimate of drug-likeness (QED) is 0.645. The molecule has 0 radical (unpaired) electrons. The second-order valence-corrected chi connectivity index (χ2v) is 3.31. The first kappa shape index (κ1) is 9.89. The Kier molecular flexibility index (Phi) is 3.04. The lowest BCUT2D eigenvalue weighted by atomic mass is 9.97. The largest absolute Gasteiger partial charge is 0.385 e. The SMILES string of the molecule is CC[C@@H](C)[C@@H]1O[C@H](O)[C@H](O)[C@H]1F. The van der Waals surface area contributed by atoms with Crippen molar-refractivity contribution >= 4 is 0 Å². The third-order valence-electron chi connectivity index (χ3n) is 2.43. The monoisotopic (exact) mass is 178 g/mol. The van der Waals surface area contributed by atoms with Gasteiger partial charge >= 0.3 is 0 Å². The maximum atomic E-state index is 13.1. The van der Waals surface area contributed by atoms with Gasteiger partial charge in [-0.15, -0.1) is 0 Å². The van der Waals surface area contributed by atoms with Gasteiger partial charge in [0.1, 0.15) is 6.10 Å². The summed E-state index contributed by atoms with van der Waals surface area (Å²) in [6.45, 7) is 3.75. The van der Waals surface area contributed by atoms with E-state index in [0.29, 0.717) is 0 Å². The van der Waals surface area contributed by atoms with E-state index in [-0.39, 0.29) is 5.92 Å². The Labute approximate surface area is 71.2 Å². The first-order chi connectivity index (χ1) is 5.57. The normalized spacial score (nSPS) is 44.8. The second-order valence-electron chi connectivity index (χ2n) is 3.31. The predicted molar refractivity (Wildman–Crippen MR) is 41.2 cm³/mol. The molecule has 0 aromatic carbocycles. The van der Waals surface area contributed by atoms with Gasteiger partial charge in [0.25, 0.3) is 0 Å². The summed E-state index contributed by atoms with van der Waals surface area (Å²) in [6, 6.07) is 0. The number of alkyl halides is 1. The number of aliphatic hydroxyl groups excluding tert-OH is 2. The fourth-order valence-corrected chi connectivity index (χ4v) is 1.35. The highest BCUT2D eigenvalue weighted by atomic mass is 19.1. The van der Waals surface area contributed by atoms with E-state index >= 15 is 0 Å². The Morgan fingerprint density at radius 3 is 2.42 bits per heavy atom. The molecule has 0 aromatic heterocycles. The van der Waals surface area contributed by atoms with Crippen LogP contribution in [0.2, 0.25) is 0 Å². The lowest BCUT2D eigenvalue weighted by molar-refractivity contribution is -0.134. The van der Waals surface area contributed by atoms with E-state index in [9.17, 15) is 4.39 Å². The number of hydrogen-bond donors (Lipinski definition) is 2. The molecule has 1 saturated heterocycles. The second kappa shape index (κ2) is 3.68. The van der Waals surface area contributed by atoms with Crippen LogP contribution in [-0.2, 0) is 4.74 Å². The molecule has 0 bridgehead atoms. The summed E-state index contributed by atoms with van der Waals surface area (Å²) in [5.74, 6) is 0.0202. The zero-order valence-electron chi connectivity index (χ0n) is 7.27. The van der Waals surface area contributed by atoms with Crippen molar-refractivity contribution in [2.45, 2.75) is 44.9 Å². The highest BCUT2D eigenvalue weighted by Crippen LogP contribution is 2.28. The molecule has 12 heavy (non-hydrogen) atoms. The smallest absolute Gasteiger partial charge is 0.184 e. The van der Waals surface area contributed by atoms with Gasteiger partial charge in [0, 0.05) is 0 Å². The Hall–Kier alpha value is -0.190. The van der Waals surface area contributed by atoms with Crippen LogP contribution < -0.4 is 0 Å². The van der Waals surface area contributed by atoms with Gasteiger partial charge in [0.2, 0.25) is 0 Å². The molecule has 0 saturated carbocycles. The number of ether oxygens (including phenoxy) is 1. The molecule has 1 aliphatic rings. The van der Waals surface area contributed by atoms with Crippen molar-refractivity contribution in [3.05, 3.63) is 0 Å². The van der Waals surface area contributed by atoms with Crippen LogP contribution >= 0.6 is 0 Å². The third kappa shape index (κ3) is 1.60. The van der Waals surface area contributed by atoms with Crippen molar-refractivity contribution < 1.29 is 19.3 Å². The predicted octanol–water partition coefficient (Wildman–Crippen LogP) is 0.449. The van der Waals surface area contributed by atoms with Gasteiger partial charge in [-0.3, -0.25) is 0 Å². The van der Waals surface area contributed by atoms with E-state index in [2.05, 4.69) is 0 Å². The summed E-state index contributed by atoms with van der Waals surface area (Å²) in [4.78, 5) is 0. The van der Waals surface area contributed by atoms with E-state index in [1.165, 1.54) is 0 Å². The van der Waals surface area contributed by atoms with Crippen molar-refractivity contribution in [3.63, 3.8) is 0 Å². The zero-order chi connectivity index (χ0) is 9.30. The lowest BCUT2D eigenvalue weighted by Gasteiger charge is -2.18. The molecule has 0 unspecified atom stereocenters. The first-order valence-electron chi connectivity index (χ1n) is 4.23. The van der Waals surface area contributed by atoms with Gasteiger partial charge in [-0.2, -0.15) is 0 Å². The molecule has 0 spiro atoms. The standard InChI is InChI=1S/C8H15FO3/c1-3-4(2)7-5(9)6(10)8(11)12-7/h4-8,10-11H,3H2,1-2H3/t4-,5-,6-,7+,8+/m1/s1. The van der Waals surface area contributed by atoms with Crippen LogP contribution in [0.1, 0.15) is 20.3 Å². The lowest BCUT2D eigenvalue weighted by Crippen LogP contribution is -2.31. The van der Waals surface area contributed by atoms with Crippen molar-refractivity contribution in [2.24, 2.45) is 5.92 Å². The van der Waals surface area contributed by atoms with Gasteiger partial charge in [0.15, 0.2) is 12.5 Å². The van der Waals surface area contributed by atoms with Crippen LogP contribution in [0.5, 0.6) is 0 Å². The molecule has 5 atom stereocenters. The highest BCUT2D eigenvalue weighted by molar-refractivity contribution is 4.88. The molecule has 4 heteroatoms. The summed E-state index contributed by atoms with van der Waals surface area (Å²) in [6.07, 6.45) is -4.11. The maximum Gasteiger partial charge on any atom is 0.184 e. The summed E-state index contributed by atoms with van der Waals surface area (Å²) in [5.41, 5.74) is 0. The van der Waals surface area contributed by atoms with Crippen molar-refractivity contribution in [1.82, 2.24) is 0 Å². The average molecular weight is 178 g/mol. The van der Waals surface area contributed by atoms with E-state index in [1.807, 2.05) is 13.8 Å². The summed E-state index contributed by atoms with van der Waals surface area (Å²) in [7, 11) is 0. The number of hydrogen-bond acceptors (Lipinski definition) is 3. The minimum absolute atomic E-state index is 0.0202. The minimum atomic E-state index is -1.46. The van der Waals surface area contributed by atoms with Gasteiger partial charge in [-0.1, -0.05) is 20.3 Å². The van der Waals surface area contributed by atoms with Gasteiger partial charge in [-0.05, 0) is 5.92 Å². The Morgan fingerprint density at radius 1 is 1.50 bits per heavy atom. The number of aliphatic hydroxyl groups is 2. The Balaban J connectivity index is 2.58.